The first-order valence-electron chi connectivity index (χ1n) is 7.51. The van der Waals surface area contributed by atoms with Crippen LogP contribution in [0.1, 0.15) is 58.1 Å². The smallest absolute Gasteiger partial charge is 0.00882 e. The van der Waals surface area contributed by atoms with Crippen molar-refractivity contribution in [2.75, 3.05) is 0 Å². The lowest BCUT2D eigenvalue weighted by atomic mass is 10.0. The van der Waals surface area contributed by atoms with Gasteiger partial charge in [-0.3, -0.25) is 0 Å². The van der Waals surface area contributed by atoms with Gasteiger partial charge in [-0.15, -0.1) is 0 Å². The largest absolute Gasteiger partial charge is 0.0859 e. The molecule has 0 aromatic heterocycles. The van der Waals surface area contributed by atoms with Gasteiger partial charge >= 0.3 is 0 Å². The molecule has 1 atom stereocenters. The zero-order valence-corrected chi connectivity index (χ0v) is 12.9. The Kier molecular flexibility index (Phi) is 7.25. The highest BCUT2D eigenvalue weighted by molar-refractivity contribution is 5.59. The quantitative estimate of drug-likeness (QED) is 0.576. The summed E-state index contributed by atoms with van der Waals surface area (Å²) in [5.74, 6) is 0.899. The molecule has 1 unspecified atom stereocenters. The minimum Gasteiger partial charge on any atom is -0.0859 e. The lowest BCUT2D eigenvalue weighted by Gasteiger charge is -2.04. The molecule has 1 aromatic carbocycles. The van der Waals surface area contributed by atoms with Crippen LogP contribution in [-0.4, -0.2) is 0 Å². The summed E-state index contributed by atoms with van der Waals surface area (Å²) < 4.78 is 0. The molecule has 1 aliphatic rings. The first-order chi connectivity index (χ1) is 9.13. The highest BCUT2D eigenvalue weighted by atomic mass is 14.0. The van der Waals surface area contributed by atoms with Gasteiger partial charge in [0.2, 0.25) is 0 Å². The number of benzene rings is 1. The molecule has 0 nitrogen and oxygen atoms in total. The van der Waals surface area contributed by atoms with E-state index >= 15 is 0 Å². The van der Waals surface area contributed by atoms with E-state index in [0.29, 0.717) is 0 Å². The Labute approximate surface area is 119 Å². The number of hydrogen-bond acceptors (Lipinski definition) is 0. The summed E-state index contributed by atoms with van der Waals surface area (Å²) in [4.78, 5) is 0. The van der Waals surface area contributed by atoms with Gasteiger partial charge < -0.3 is 0 Å². The molecule has 0 N–H and O–H groups in total. The average molecular weight is 256 g/mol. The topological polar surface area (TPSA) is 0 Å². The summed E-state index contributed by atoms with van der Waals surface area (Å²) in [5, 5.41) is 0. The van der Waals surface area contributed by atoms with Crippen molar-refractivity contribution in [2.45, 2.75) is 53.4 Å². The third-order valence-corrected chi connectivity index (χ3v) is 3.60. The van der Waals surface area contributed by atoms with Gasteiger partial charge in [0.25, 0.3) is 0 Å². The van der Waals surface area contributed by atoms with Crippen molar-refractivity contribution in [1.82, 2.24) is 0 Å². The van der Waals surface area contributed by atoms with E-state index in [9.17, 15) is 0 Å². The molecule has 0 saturated heterocycles. The molecular formula is C19H28. The Bertz CT molecular complexity index is 419. The molecule has 0 saturated carbocycles. The van der Waals surface area contributed by atoms with E-state index in [0.717, 1.165) is 12.3 Å². The maximum atomic E-state index is 2.33. The van der Waals surface area contributed by atoms with E-state index in [4.69, 9.17) is 0 Å². The molecule has 0 aliphatic heterocycles. The summed E-state index contributed by atoms with van der Waals surface area (Å²) in [6.07, 6.45) is 11.7. The average Bonchev–Trinajstić information content (AvgIpc) is 2.87. The molecule has 0 spiro atoms. The molecule has 0 heterocycles. The van der Waals surface area contributed by atoms with Gasteiger partial charge in [0.05, 0.1) is 0 Å². The van der Waals surface area contributed by atoms with Crippen molar-refractivity contribution in [3.8, 4) is 0 Å². The van der Waals surface area contributed by atoms with E-state index in [1.165, 1.54) is 36.0 Å². The molecule has 104 valence electrons. The van der Waals surface area contributed by atoms with Crippen LogP contribution in [-0.2, 0) is 6.42 Å². The maximum Gasteiger partial charge on any atom is -0.00882 e. The van der Waals surface area contributed by atoms with Gasteiger partial charge in [-0.25, -0.2) is 0 Å². The molecule has 2 rings (SSSR count). The molecule has 1 aliphatic carbocycles. The Balaban J connectivity index is 0.000000190. The zero-order valence-electron chi connectivity index (χ0n) is 12.9. The minimum atomic E-state index is 0.899. The summed E-state index contributed by atoms with van der Waals surface area (Å²) >= 11 is 0. The lowest BCUT2D eigenvalue weighted by molar-refractivity contribution is 0.521. The predicted octanol–water partition coefficient (Wildman–Crippen LogP) is 6.03. The fraction of sp³-hybridized carbons (Fsp3) is 0.474. The van der Waals surface area contributed by atoms with Crippen LogP contribution in [0, 0.1) is 5.92 Å². The van der Waals surface area contributed by atoms with E-state index in [1.807, 2.05) is 0 Å². The molecule has 0 heteroatoms. The standard InChI is InChI=1S/C10H20.C9H8/c1-5-10(4)8-6-7-9(2)3;1-2-5-9-7-3-6-8(9)4-1/h7,10H,5-6,8H2,1-4H3;1-6H,7H2. The van der Waals surface area contributed by atoms with E-state index < -0.39 is 0 Å². The summed E-state index contributed by atoms with van der Waals surface area (Å²) in [7, 11) is 0. The SMILES string of the molecule is C1=Cc2ccccc2C1.CCC(C)CCC=C(C)C. The van der Waals surface area contributed by atoms with Crippen molar-refractivity contribution in [3.63, 3.8) is 0 Å². The molecule has 19 heavy (non-hydrogen) atoms. The monoisotopic (exact) mass is 256 g/mol. The predicted molar refractivity (Wildman–Crippen MR) is 87.3 cm³/mol. The Morgan fingerprint density at radius 3 is 2.63 bits per heavy atom. The second-order valence-electron chi connectivity index (χ2n) is 5.68. The van der Waals surface area contributed by atoms with Crippen LogP contribution in [0.2, 0.25) is 0 Å². The molecule has 0 fully saturated rings. The Morgan fingerprint density at radius 1 is 1.26 bits per heavy atom. The number of rotatable bonds is 4. The highest BCUT2D eigenvalue weighted by Crippen LogP contribution is 2.17. The van der Waals surface area contributed by atoms with Crippen LogP contribution >= 0.6 is 0 Å². The van der Waals surface area contributed by atoms with Crippen LogP contribution in [0.4, 0.5) is 0 Å². The number of fused-ring (bicyclic) bond motifs is 1. The first kappa shape index (κ1) is 15.8. The highest BCUT2D eigenvalue weighted by Gasteiger charge is 2.00. The minimum absolute atomic E-state index is 0.899. The molecule has 0 radical (unpaired) electrons. The van der Waals surface area contributed by atoms with Crippen molar-refractivity contribution >= 4 is 6.08 Å². The van der Waals surface area contributed by atoms with E-state index in [2.05, 4.69) is 70.2 Å². The Hall–Kier alpha value is -1.30. The zero-order chi connectivity index (χ0) is 14.1. The third kappa shape index (κ3) is 6.42. The lowest BCUT2D eigenvalue weighted by Crippen LogP contribution is -1.89. The normalized spacial score (nSPS) is 13.3. The molecule has 1 aromatic rings. The van der Waals surface area contributed by atoms with Crippen molar-refractivity contribution in [2.24, 2.45) is 5.92 Å². The van der Waals surface area contributed by atoms with Gasteiger partial charge in [-0.05, 0) is 50.2 Å². The number of hydrogen-bond donors (Lipinski definition) is 0. The van der Waals surface area contributed by atoms with Crippen LogP contribution in [0.25, 0.3) is 6.08 Å². The van der Waals surface area contributed by atoms with Crippen molar-refractivity contribution < 1.29 is 0 Å². The third-order valence-electron chi connectivity index (χ3n) is 3.60. The fourth-order valence-electron chi connectivity index (χ4n) is 2.06. The molecule has 0 amide bonds. The van der Waals surface area contributed by atoms with Gasteiger partial charge in [-0.2, -0.15) is 0 Å². The van der Waals surface area contributed by atoms with Gasteiger partial charge in [-0.1, -0.05) is 68.3 Å². The van der Waals surface area contributed by atoms with E-state index in [-0.39, 0.29) is 0 Å². The fourth-order valence-corrected chi connectivity index (χ4v) is 2.06. The van der Waals surface area contributed by atoms with Crippen LogP contribution in [0.5, 0.6) is 0 Å². The van der Waals surface area contributed by atoms with Crippen LogP contribution in [0.15, 0.2) is 42.0 Å². The van der Waals surface area contributed by atoms with E-state index in [1.54, 1.807) is 0 Å². The van der Waals surface area contributed by atoms with Crippen molar-refractivity contribution in [3.05, 3.63) is 53.1 Å². The molecular weight excluding hydrogens is 228 g/mol. The van der Waals surface area contributed by atoms with Crippen molar-refractivity contribution in [1.29, 1.82) is 0 Å². The summed E-state index contributed by atoms with van der Waals surface area (Å²) in [6.45, 7) is 8.90. The summed E-state index contributed by atoms with van der Waals surface area (Å²) in [6, 6.07) is 8.49. The van der Waals surface area contributed by atoms with Crippen LogP contribution < -0.4 is 0 Å². The first-order valence-corrected chi connectivity index (χ1v) is 7.51. The Morgan fingerprint density at radius 2 is 2.00 bits per heavy atom. The summed E-state index contributed by atoms with van der Waals surface area (Å²) in [5.41, 5.74) is 4.29. The van der Waals surface area contributed by atoms with Gasteiger partial charge in [0, 0.05) is 0 Å². The number of allylic oxidation sites excluding steroid dienone is 3. The maximum absolute atomic E-state index is 2.33. The second kappa shape index (κ2) is 8.74. The second-order valence-corrected chi connectivity index (χ2v) is 5.68. The molecule has 0 bridgehead atoms. The van der Waals surface area contributed by atoms with Gasteiger partial charge in [0.1, 0.15) is 0 Å². The van der Waals surface area contributed by atoms with Gasteiger partial charge in [0.15, 0.2) is 0 Å². The van der Waals surface area contributed by atoms with Crippen LogP contribution in [0.3, 0.4) is 0 Å².